The Balaban J connectivity index is 2.02. The van der Waals surface area contributed by atoms with E-state index in [0.29, 0.717) is 0 Å². The number of hydrogen-bond donors (Lipinski definition) is 1. The van der Waals surface area contributed by atoms with Gasteiger partial charge in [0.15, 0.2) is 5.96 Å². The topological polar surface area (TPSA) is 50.4 Å². The third-order valence-corrected chi connectivity index (χ3v) is 4.11. The van der Waals surface area contributed by atoms with Crippen LogP contribution in [0.2, 0.25) is 0 Å². The molecule has 0 saturated carbocycles. The molecule has 0 fully saturated rings. The van der Waals surface area contributed by atoms with Crippen molar-refractivity contribution in [1.29, 1.82) is 0 Å². The van der Waals surface area contributed by atoms with E-state index in [2.05, 4.69) is 57.2 Å². The molecule has 0 radical (unpaired) electrons. The lowest BCUT2D eigenvalue weighted by atomic mass is 10.2. The monoisotopic (exact) mass is 302 g/mol. The Morgan fingerprint density at radius 3 is 2.59 bits per heavy atom. The molecular formula is C16H26N6. The SMILES string of the molecule is CN=C(NCc1c(C)nn(C)c1C)N(C)Cc1cccn1C. The highest BCUT2D eigenvalue weighted by Crippen LogP contribution is 2.11. The van der Waals surface area contributed by atoms with Crippen LogP contribution in [0.5, 0.6) is 0 Å². The largest absolute Gasteiger partial charge is 0.353 e. The Kier molecular flexibility index (Phi) is 4.90. The number of nitrogens with zero attached hydrogens (tertiary/aromatic N) is 5. The molecule has 1 N–H and O–H groups in total. The molecule has 0 aliphatic heterocycles. The van der Waals surface area contributed by atoms with E-state index in [-0.39, 0.29) is 0 Å². The van der Waals surface area contributed by atoms with Crippen LogP contribution in [0, 0.1) is 13.8 Å². The number of rotatable bonds is 4. The fraction of sp³-hybridized carbons (Fsp3) is 0.500. The molecule has 2 heterocycles. The van der Waals surface area contributed by atoms with Crippen molar-refractivity contribution in [2.24, 2.45) is 19.1 Å². The maximum atomic E-state index is 4.45. The zero-order chi connectivity index (χ0) is 16.3. The van der Waals surface area contributed by atoms with Gasteiger partial charge in [0.25, 0.3) is 0 Å². The predicted octanol–water partition coefficient (Wildman–Crippen LogP) is 1.58. The molecule has 0 unspecified atom stereocenters. The van der Waals surface area contributed by atoms with Crippen molar-refractivity contribution in [3.05, 3.63) is 41.0 Å². The summed E-state index contributed by atoms with van der Waals surface area (Å²) in [6.45, 7) is 5.68. The van der Waals surface area contributed by atoms with Crippen LogP contribution in [0.25, 0.3) is 0 Å². The summed E-state index contributed by atoms with van der Waals surface area (Å²) in [4.78, 5) is 6.50. The molecule has 2 aromatic heterocycles. The first-order valence-electron chi connectivity index (χ1n) is 7.45. The minimum absolute atomic E-state index is 0.732. The van der Waals surface area contributed by atoms with E-state index >= 15 is 0 Å². The van der Waals surface area contributed by atoms with E-state index in [1.54, 1.807) is 0 Å². The van der Waals surface area contributed by atoms with Gasteiger partial charge in [0, 0.05) is 57.9 Å². The van der Waals surface area contributed by atoms with Crippen LogP contribution in [0.4, 0.5) is 0 Å². The summed E-state index contributed by atoms with van der Waals surface area (Å²) in [5.41, 5.74) is 4.73. The molecule has 0 amide bonds. The van der Waals surface area contributed by atoms with Crippen LogP contribution in [0.1, 0.15) is 22.6 Å². The summed E-state index contributed by atoms with van der Waals surface area (Å²) in [6, 6.07) is 4.18. The molecule has 0 bridgehead atoms. The summed E-state index contributed by atoms with van der Waals surface area (Å²) >= 11 is 0. The van der Waals surface area contributed by atoms with Crippen molar-refractivity contribution >= 4 is 5.96 Å². The highest BCUT2D eigenvalue weighted by molar-refractivity contribution is 5.79. The molecule has 2 aromatic rings. The summed E-state index contributed by atoms with van der Waals surface area (Å²) in [7, 11) is 7.89. The second kappa shape index (κ2) is 6.68. The van der Waals surface area contributed by atoms with Gasteiger partial charge in [-0.05, 0) is 26.0 Å². The van der Waals surface area contributed by atoms with Gasteiger partial charge in [0.2, 0.25) is 0 Å². The highest BCUT2D eigenvalue weighted by Gasteiger charge is 2.12. The van der Waals surface area contributed by atoms with Crippen molar-refractivity contribution in [3.8, 4) is 0 Å². The first-order chi connectivity index (χ1) is 10.4. The van der Waals surface area contributed by atoms with Gasteiger partial charge < -0.3 is 14.8 Å². The molecule has 0 atom stereocenters. The summed E-state index contributed by atoms with van der Waals surface area (Å²) in [5.74, 6) is 0.879. The first kappa shape index (κ1) is 16.1. The Bertz CT molecular complexity index is 664. The van der Waals surface area contributed by atoms with Gasteiger partial charge in [-0.3, -0.25) is 9.67 Å². The highest BCUT2D eigenvalue weighted by atomic mass is 15.3. The van der Waals surface area contributed by atoms with Crippen molar-refractivity contribution in [2.75, 3.05) is 14.1 Å². The van der Waals surface area contributed by atoms with Crippen LogP contribution in [0.15, 0.2) is 23.3 Å². The van der Waals surface area contributed by atoms with Gasteiger partial charge in [-0.2, -0.15) is 5.10 Å². The lowest BCUT2D eigenvalue weighted by Crippen LogP contribution is -2.38. The number of aromatic nitrogens is 3. The number of nitrogens with one attached hydrogen (secondary N) is 1. The van der Waals surface area contributed by atoms with Crippen LogP contribution < -0.4 is 5.32 Å². The molecule has 2 rings (SSSR count). The van der Waals surface area contributed by atoms with Crippen LogP contribution in [0.3, 0.4) is 0 Å². The average molecular weight is 302 g/mol. The third kappa shape index (κ3) is 3.32. The summed E-state index contributed by atoms with van der Waals surface area (Å²) in [6.07, 6.45) is 2.06. The minimum Gasteiger partial charge on any atom is -0.353 e. The van der Waals surface area contributed by atoms with Gasteiger partial charge >= 0.3 is 0 Å². The number of guanidine groups is 1. The van der Waals surface area contributed by atoms with Gasteiger partial charge in [-0.15, -0.1) is 0 Å². The summed E-state index contributed by atoms with van der Waals surface area (Å²) in [5, 5.41) is 7.88. The second-order valence-electron chi connectivity index (χ2n) is 5.64. The molecule has 6 nitrogen and oxygen atoms in total. The predicted molar refractivity (Wildman–Crippen MR) is 89.8 cm³/mol. The quantitative estimate of drug-likeness (QED) is 0.689. The zero-order valence-electron chi connectivity index (χ0n) is 14.4. The van der Waals surface area contributed by atoms with Crippen LogP contribution in [-0.4, -0.2) is 39.3 Å². The smallest absolute Gasteiger partial charge is 0.194 e. The lowest BCUT2D eigenvalue weighted by Gasteiger charge is -2.22. The lowest BCUT2D eigenvalue weighted by molar-refractivity contribution is 0.461. The van der Waals surface area contributed by atoms with Gasteiger partial charge in [0.1, 0.15) is 0 Å². The van der Waals surface area contributed by atoms with Crippen molar-refractivity contribution in [2.45, 2.75) is 26.9 Å². The normalized spacial score (nSPS) is 11.8. The number of hydrogen-bond acceptors (Lipinski definition) is 2. The van der Waals surface area contributed by atoms with Gasteiger partial charge in [-0.1, -0.05) is 0 Å². The molecule has 0 aliphatic carbocycles. The standard InChI is InChI=1S/C16H26N6/c1-12-15(13(2)22(6)19-12)10-18-16(17-3)21(5)11-14-8-7-9-20(14)4/h7-9H,10-11H2,1-6H3,(H,17,18). The number of aryl methyl sites for hydroxylation is 3. The van der Waals surface area contributed by atoms with E-state index in [0.717, 1.165) is 24.7 Å². The molecule has 0 spiro atoms. The zero-order valence-corrected chi connectivity index (χ0v) is 14.4. The van der Waals surface area contributed by atoms with Crippen LogP contribution >= 0.6 is 0 Å². The van der Waals surface area contributed by atoms with E-state index in [1.807, 2.05) is 32.7 Å². The maximum Gasteiger partial charge on any atom is 0.194 e. The van der Waals surface area contributed by atoms with Crippen LogP contribution in [-0.2, 0) is 27.2 Å². The van der Waals surface area contributed by atoms with E-state index in [1.165, 1.54) is 17.0 Å². The second-order valence-corrected chi connectivity index (χ2v) is 5.64. The fourth-order valence-electron chi connectivity index (χ4n) is 2.60. The van der Waals surface area contributed by atoms with Crippen molar-refractivity contribution in [3.63, 3.8) is 0 Å². The Labute approximate surface area is 132 Å². The Morgan fingerprint density at radius 1 is 1.36 bits per heavy atom. The van der Waals surface area contributed by atoms with Gasteiger partial charge in [-0.25, -0.2) is 0 Å². The molecular weight excluding hydrogens is 276 g/mol. The minimum atomic E-state index is 0.732. The fourth-order valence-corrected chi connectivity index (χ4v) is 2.60. The van der Waals surface area contributed by atoms with E-state index in [9.17, 15) is 0 Å². The molecule has 0 saturated heterocycles. The third-order valence-electron chi connectivity index (χ3n) is 4.11. The molecule has 22 heavy (non-hydrogen) atoms. The Hall–Kier alpha value is -2.24. The molecule has 0 aromatic carbocycles. The average Bonchev–Trinajstić information content (AvgIpc) is 2.97. The first-order valence-corrected chi connectivity index (χ1v) is 7.45. The molecule has 120 valence electrons. The van der Waals surface area contributed by atoms with Gasteiger partial charge in [0.05, 0.1) is 12.2 Å². The van der Waals surface area contributed by atoms with E-state index in [4.69, 9.17) is 0 Å². The number of aliphatic imine (C=N–C) groups is 1. The van der Waals surface area contributed by atoms with E-state index < -0.39 is 0 Å². The van der Waals surface area contributed by atoms with Crippen molar-refractivity contribution < 1.29 is 0 Å². The molecule has 0 aliphatic rings. The molecule has 6 heteroatoms. The Morgan fingerprint density at radius 2 is 2.09 bits per heavy atom. The van der Waals surface area contributed by atoms with Crippen molar-refractivity contribution in [1.82, 2.24) is 24.6 Å². The summed E-state index contributed by atoms with van der Waals surface area (Å²) < 4.78 is 4.04. The maximum absolute atomic E-state index is 4.45.